The van der Waals surface area contributed by atoms with Gasteiger partial charge in [0.1, 0.15) is 5.15 Å². The highest BCUT2D eigenvalue weighted by molar-refractivity contribution is 7.99. The molecule has 1 atom stereocenters. The molecule has 6 heteroatoms. The summed E-state index contributed by atoms with van der Waals surface area (Å²) < 4.78 is 1.73. The molecule has 1 unspecified atom stereocenters. The van der Waals surface area contributed by atoms with Crippen LogP contribution < -0.4 is 11.3 Å². The molecule has 3 N–H and O–H groups in total. The van der Waals surface area contributed by atoms with E-state index < -0.39 is 0 Å². The summed E-state index contributed by atoms with van der Waals surface area (Å²) in [6, 6.07) is 0.252. The zero-order valence-electron chi connectivity index (χ0n) is 12.4. The lowest BCUT2D eigenvalue weighted by Gasteiger charge is -2.23. The smallest absolute Gasteiger partial charge is 0.130 e. The molecule has 1 aliphatic carbocycles. The van der Waals surface area contributed by atoms with Crippen molar-refractivity contribution >= 4 is 23.4 Å². The van der Waals surface area contributed by atoms with Gasteiger partial charge in [0.2, 0.25) is 0 Å². The van der Waals surface area contributed by atoms with Crippen molar-refractivity contribution in [1.82, 2.24) is 15.2 Å². The Balaban J connectivity index is 1.88. The first-order chi connectivity index (χ1) is 9.61. The molecule has 1 heterocycles. The lowest BCUT2D eigenvalue weighted by Crippen LogP contribution is -2.39. The maximum Gasteiger partial charge on any atom is 0.130 e. The number of nitrogens with two attached hydrogens (primary N) is 1. The van der Waals surface area contributed by atoms with Crippen molar-refractivity contribution in [2.24, 2.45) is 12.9 Å². The van der Waals surface area contributed by atoms with Crippen molar-refractivity contribution < 1.29 is 0 Å². The van der Waals surface area contributed by atoms with Crippen LogP contribution in [0.5, 0.6) is 0 Å². The number of hydrazine groups is 1. The van der Waals surface area contributed by atoms with Crippen LogP contribution in [0.2, 0.25) is 5.15 Å². The van der Waals surface area contributed by atoms with E-state index in [1.807, 2.05) is 14.0 Å². The third kappa shape index (κ3) is 4.13. The standard InChI is InChI=1S/C14H25ClN4S/c1-10-13(14(15)19(2)18-10)8-11(17-16)9-20-12-6-4-3-5-7-12/h11-12,17H,3-9,16H2,1-2H3. The number of hydrogen-bond donors (Lipinski definition) is 2. The van der Waals surface area contributed by atoms with Gasteiger partial charge >= 0.3 is 0 Å². The van der Waals surface area contributed by atoms with Gasteiger partial charge in [0.05, 0.1) is 5.69 Å². The highest BCUT2D eigenvalue weighted by atomic mass is 35.5. The second-order valence-corrected chi connectivity index (χ2v) is 7.33. The minimum Gasteiger partial charge on any atom is -0.271 e. The van der Waals surface area contributed by atoms with E-state index in [2.05, 4.69) is 22.3 Å². The van der Waals surface area contributed by atoms with E-state index in [4.69, 9.17) is 17.4 Å². The second kappa shape index (κ2) is 7.69. The number of halogens is 1. The van der Waals surface area contributed by atoms with Gasteiger partial charge in [-0.1, -0.05) is 30.9 Å². The molecule has 0 radical (unpaired) electrons. The average molecular weight is 317 g/mol. The van der Waals surface area contributed by atoms with Gasteiger partial charge < -0.3 is 0 Å². The summed E-state index contributed by atoms with van der Waals surface area (Å²) in [5.41, 5.74) is 5.05. The molecule has 114 valence electrons. The molecule has 20 heavy (non-hydrogen) atoms. The molecule has 1 fully saturated rings. The van der Waals surface area contributed by atoms with Gasteiger partial charge in [0.25, 0.3) is 0 Å². The van der Waals surface area contributed by atoms with Gasteiger partial charge in [-0.2, -0.15) is 16.9 Å². The lowest BCUT2D eigenvalue weighted by molar-refractivity contribution is 0.513. The fourth-order valence-corrected chi connectivity index (χ4v) is 4.44. The predicted molar refractivity (Wildman–Crippen MR) is 87.1 cm³/mol. The Kier molecular flexibility index (Phi) is 6.20. The summed E-state index contributed by atoms with van der Waals surface area (Å²) in [5.74, 6) is 6.74. The quantitative estimate of drug-likeness (QED) is 0.626. The molecular weight excluding hydrogens is 292 g/mol. The van der Waals surface area contributed by atoms with Gasteiger partial charge in [-0.25, -0.2) is 0 Å². The van der Waals surface area contributed by atoms with E-state index in [0.717, 1.165) is 33.8 Å². The summed E-state index contributed by atoms with van der Waals surface area (Å²) in [6.45, 7) is 2.00. The first-order valence-electron chi connectivity index (χ1n) is 7.37. The Hall–Kier alpha value is -0.230. The van der Waals surface area contributed by atoms with Crippen molar-refractivity contribution in [1.29, 1.82) is 0 Å². The van der Waals surface area contributed by atoms with Crippen LogP contribution in [0.15, 0.2) is 0 Å². The molecule has 0 aromatic carbocycles. The van der Waals surface area contributed by atoms with Gasteiger partial charge in [-0.05, 0) is 26.2 Å². The number of nitrogens with one attached hydrogen (secondary N) is 1. The predicted octanol–water partition coefficient (Wildman–Crippen LogP) is 2.82. The molecule has 1 aliphatic rings. The fraction of sp³-hybridized carbons (Fsp3) is 0.786. The van der Waals surface area contributed by atoms with Gasteiger partial charge in [0, 0.05) is 29.7 Å². The van der Waals surface area contributed by atoms with Crippen LogP contribution in [0.4, 0.5) is 0 Å². The molecule has 0 bridgehead atoms. The Morgan fingerprint density at radius 3 is 2.70 bits per heavy atom. The van der Waals surface area contributed by atoms with Crippen LogP contribution in [0.3, 0.4) is 0 Å². The van der Waals surface area contributed by atoms with Crippen molar-refractivity contribution in [3.8, 4) is 0 Å². The summed E-state index contributed by atoms with van der Waals surface area (Å²) in [4.78, 5) is 0. The van der Waals surface area contributed by atoms with E-state index >= 15 is 0 Å². The summed E-state index contributed by atoms with van der Waals surface area (Å²) in [7, 11) is 1.88. The minimum atomic E-state index is 0.252. The number of rotatable bonds is 6. The molecule has 1 saturated carbocycles. The minimum absolute atomic E-state index is 0.252. The Morgan fingerprint density at radius 1 is 1.45 bits per heavy atom. The van der Waals surface area contributed by atoms with Crippen LogP contribution in [-0.2, 0) is 13.5 Å². The topological polar surface area (TPSA) is 55.9 Å². The Labute approximate surface area is 130 Å². The lowest BCUT2D eigenvalue weighted by atomic mass is 10.0. The number of thioether (sulfide) groups is 1. The van der Waals surface area contributed by atoms with Crippen molar-refractivity contribution in [3.05, 3.63) is 16.4 Å². The van der Waals surface area contributed by atoms with Gasteiger partial charge in [0.15, 0.2) is 0 Å². The summed E-state index contributed by atoms with van der Waals surface area (Å²) in [5, 5.41) is 5.89. The Morgan fingerprint density at radius 2 is 2.15 bits per heavy atom. The number of aryl methyl sites for hydroxylation is 2. The summed E-state index contributed by atoms with van der Waals surface area (Å²) in [6.07, 6.45) is 7.72. The largest absolute Gasteiger partial charge is 0.271 e. The maximum atomic E-state index is 6.29. The molecule has 0 saturated heterocycles. The highest BCUT2D eigenvalue weighted by Gasteiger charge is 2.19. The van der Waals surface area contributed by atoms with Crippen molar-refractivity contribution in [3.63, 3.8) is 0 Å². The van der Waals surface area contributed by atoms with Crippen LogP contribution in [0.25, 0.3) is 0 Å². The van der Waals surface area contributed by atoms with Gasteiger partial charge in [-0.15, -0.1) is 0 Å². The van der Waals surface area contributed by atoms with E-state index in [9.17, 15) is 0 Å². The van der Waals surface area contributed by atoms with Crippen LogP contribution >= 0.6 is 23.4 Å². The van der Waals surface area contributed by atoms with E-state index in [0.29, 0.717) is 0 Å². The highest BCUT2D eigenvalue weighted by Crippen LogP contribution is 2.29. The van der Waals surface area contributed by atoms with Crippen LogP contribution in [0, 0.1) is 6.92 Å². The van der Waals surface area contributed by atoms with E-state index in [1.165, 1.54) is 32.1 Å². The third-order valence-electron chi connectivity index (χ3n) is 4.04. The molecular formula is C14H25ClN4S. The van der Waals surface area contributed by atoms with Crippen molar-refractivity contribution in [2.45, 2.75) is 56.7 Å². The first kappa shape index (κ1) is 16.1. The number of aromatic nitrogens is 2. The normalized spacial score (nSPS) is 18.4. The van der Waals surface area contributed by atoms with Crippen LogP contribution in [-0.4, -0.2) is 26.8 Å². The first-order valence-corrected chi connectivity index (χ1v) is 8.80. The molecule has 1 aromatic heterocycles. The molecule has 0 aliphatic heterocycles. The molecule has 1 aromatic rings. The van der Waals surface area contributed by atoms with Crippen molar-refractivity contribution in [2.75, 3.05) is 5.75 Å². The zero-order valence-corrected chi connectivity index (χ0v) is 13.9. The van der Waals surface area contributed by atoms with E-state index in [1.54, 1.807) is 4.68 Å². The van der Waals surface area contributed by atoms with Gasteiger partial charge in [-0.3, -0.25) is 16.0 Å². The molecule has 4 nitrogen and oxygen atoms in total. The molecule has 0 amide bonds. The zero-order chi connectivity index (χ0) is 14.5. The third-order valence-corrected chi connectivity index (χ3v) is 6.05. The monoisotopic (exact) mass is 316 g/mol. The second-order valence-electron chi connectivity index (χ2n) is 5.64. The number of nitrogens with zero attached hydrogens (tertiary/aromatic N) is 2. The SMILES string of the molecule is Cc1nn(C)c(Cl)c1CC(CSC1CCCCC1)NN. The maximum absolute atomic E-state index is 6.29. The van der Waals surface area contributed by atoms with E-state index in [-0.39, 0.29) is 6.04 Å². The summed E-state index contributed by atoms with van der Waals surface area (Å²) >= 11 is 8.34. The molecule has 2 rings (SSSR count). The Bertz CT molecular complexity index is 429. The number of hydrogen-bond acceptors (Lipinski definition) is 4. The fourth-order valence-electron chi connectivity index (χ4n) is 2.80. The molecule has 0 spiro atoms. The van der Waals surface area contributed by atoms with Crippen LogP contribution in [0.1, 0.15) is 43.4 Å². The average Bonchev–Trinajstić information content (AvgIpc) is 2.70.